The zero-order valence-electron chi connectivity index (χ0n) is 7.94. The Hall–Kier alpha value is -1.69. The van der Waals surface area contributed by atoms with E-state index in [0.717, 1.165) is 11.6 Å². The van der Waals surface area contributed by atoms with Crippen LogP contribution in [0.5, 0.6) is 0 Å². The van der Waals surface area contributed by atoms with Gasteiger partial charge in [-0.3, -0.25) is 5.10 Å². The summed E-state index contributed by atoms with van der Waals surface area (Å²) in [6.07, 6.45) is 3.66. The molecule has 0 unspecified atom stereocenters. The zero-order valence-corrected chi connectivity index (χ0v) is 7.94. The Kier molecular flexibility index (Phi) is 2.28. The fraction of sp³-hybridized carbons (Fsp3) is 0.375. The number of nitrogens with one attached hydrogen (secondary N) is 1. The minimum absolute atomic E-state index is 0.361. The van der Waals surface area contributed by atoms with E-state index in [0.29, 0.717) is 18.9 Å². The van der Waals surface area contributed by atoms with Crippen LogP contribution in [0.1, 0.15) is 17.5 Å². The van der Waals surface area contributed by atoms with Gasteiger partial charge in [0.25, 0.3) is 0 Å². The second kappa shape index (κ2) is 3.59. The van der Waals surface area contributed by atoms with Crippen LogP contribution in [0.25, 0.3) is 0 Å². The van der Waals surface area contributed by atoms with Gasteiger partial charge in [-0.1, -0.05) is 0 Å². The lowest BCUT2D eigenvalue weighted by Gasteiger charge is -1.99. The van der Waals surface area contributed by atoms with Crippen molar-refractivity contribution in [1.29, 1.82) is 0 Å². The maximum atomic E-state index is 5.40. The van der Waals surface area contributed by atoms with Crippen molar-refractivity contribution in [1.82, 2.24) is 24.7 Å². The van der Waals surface area contributed by atoms with Crippen LogP contribution >= 0.6 is 0 Å². The van der Waals surface area contributed by atoms with E-state index in [2.05, 4.69) is 20.2 Å². The molecule has 0 bridgehead atoms. The minimum atomic E-state index is 0.361. The number of imidazole rings is 1. The lowest BCUT2D eigenvalue weighted by molar-refractivity contribution is 0.720. The number of nitrogens with two attached hydrogens (primary N) is 1. The van der Waals surface area contributed by atoms with E-state index in [9.17, 15) is 0 Å². The van der Waals surface area contributed by atoms with Crippen molar-refractivity contribution in [3.63, 3.8) is 0 Å². The molecule has 0 saturated carbocycles. The number of hydrogen-bond donors (Lipinski definition) is 2. The predicted molar refractivity (Wildman–Crippen MR) is 50.3 cm³/mol. The SMILES string of the molecule is Cc1nccn1Cc1nc(CN)n[nH]1. The topological polar surface area (TPSA) is 85.4 Å². The summed E-state index contributed by atoms with van der Waals surface area (Å²) in [5, 5.41) is 6.78. The molecule has 0 fully saturated rings. The molecule has 6 nitrogen and oxygen atoms in total. The van der Waals surface area contributed by atoms with Crippen LogP contribution in [0.15, 0.2) is 12.4 Å². The Morgan fingerprint density at radius 2 is 2.43 bits per heavy atom. The Morgan fingerprint density at radius 1 is 1.57 bits per heavy atom. The molecule has 2 aromatic rings. The third-order valence-corrected chi connectivity index (χ3v) is 2.00. The second-order valence-electron chi connectivity index (χ2n) is 3.00. The zero-order chi connectivity index (χ0) is 9.97. The molecule has 2 heterocycles. The van der Waals surface area contributed by atoms with Gasteiger partial charge in [-0.2, -0.15) is 5.10 Å². The van der Waals surface area contributed by atoms with Crippen LogP contribution < -0.4 is 5.73 Å². The number of aromatic amines is 1. The Morgan fingerprint density at radius 3 is 3.00 bits per heavy atom. The van der Waals surface area contributed by atoms with Crippen LogP contribution in [0, 0.1) is 6.92 Å². The smallest absolute Gasteiger partial charge is 0.164 e. The highest BCUT2D eigenvalue weighted by Crippen LogP contribution is 2.00. The molecule has 0 aliphatic carbocycles. The molecular weight excluding hydrogens is 180 g/mol. The second-order valence-corrected chi connectivity index (χ2v) is 3.00. The Bertz CT molecular complexity index is 415. The first kappa shape index (κ1) is 8.89. The maximum absolute atomic E-state index is 5.40. The van der Waals surface area contributed by atoms with Gasteiger partial charge in [0.15, 0.2) is 5.82 Å². The first-order valence-electron chi connectivity index (χ1n) is 4.37. The van der Waals surface area contributed by atoms with Crippen LogP contribution in [0.3, 0.4) is 0 Å². The largest absolute Gasteiger partial charge is 0.328 e. The van der Waals surface area contributed by atoms with E-state index in [1.54, 1.807) is 6.20 Å². The highest BCUT2D eigenvalue weighted by Gasteiger charge is 2.03. The molecule has 0 radical (unpaired) electrons. The summed E-state index contributed by atoms with van der Waals surface area (Å²) >= 11 is 0. The number of H-pyrrole nitrogens is 1. The van der Waals surface area contributed by atoms with E-state index in [-0.39, 0.29) is 0 Å². The first-order chi connectivity index (χ1) is 6.79. The monoisotopic (exact) mass is 192 g/mol. The lowest BCUT2D eigenvalue weighted by Crippen LogP contribution is -2.03. The Balaban J connectivity index is 2.15. The molecule has 0 aromatic carbocycles. The summed E-state index contributed by atoms with van der Waals surface area (Å²) in [5.74, 6) is 2.39. The predicted octanol–water partition coefficient (Wildman–Crippen LogP) is -0.183. The van der Waals surface area contributed by atoms with Crippen molar-refractivity contribution in [2.24, 2.45) is 5.73 Å². The summed E-state index contributed by atoms with van der Waals surface area (Å²) in [7, 11) is 0. The number of nitrogens with zero attached hydrogens (tertiary/aromatic N) is 4. The highest BCUT2D eigenvalue weighted by molar-refractivity contribution is 4.96. The minimum Gasteiger partial charge on any atom is -0.328 e. The molecule has 0 atom stereocenters. The molecular formula is C8H12N6. The molecule has 0 spiro atoms. The van der Waals surface area contributed by atoms with Crippen molar-refractivity contribution in [2.75, 3.05) is 0 Å². The molecule has 3 N–H and O–H groups in total. The molecule has 0 saturated heterocycles. The molecule has 6 heteroatoms. The fourth-order valence-corrected chi connectivity index (χ4v) is 1.23. The Labute approximate surface area is 81.2 Å². The van der Waals surface area contributed by atoms with E-state index in [4.69, 9.17) is 5.73 Å². The van der Waals surface area contributed by atoms with Crippen LogP contribution in [-0.4, -0.2) is 24.7 Å². The normalized spacial score (nSPS) is 10.7. The standard InChI is InChI=1S/C8H12N6/c1-6-10-2-3-14(6)5-8-11-7(4-9)12-13-8/h2-3H,4-5,9H2,1H3,(H,11,12,13). The molecule has 0 aliphatic heterocycles. The summed E-state index contributed by atoms with van der Waals surface area (Å²) < 4.78 is 1.99. The first-order valence-corrected chi connectivity index (χ1v) is 4.37. The van der Waals surface area contributed by atoms with Gasteiger partial charge in [-0.15, -0.1) is 0 Å². The third-order valence-electron chi connectivity index (χ3n) is 2.00. The van der Waals surface area contributed by atoms with Crippen molar-refractivity contribution >= 4 is 0 Å². The maximum Gasteiger partial charge on any atom is 0.164 e. The number of hydrogen-bond acceptors (Lipinski definition) is 4. The van der Waals surface area contributed by atoms with Crippen molar-refractivity contribution < 1.29 is 0 Å². The van der Waals surface area contributed by atoms with E-state index in [1.165, 1.54) is 0 Å². The number of rotatable bonds is 3. The van der Waals surface area contributed by atoms with Crippen LogP contribution in [0.2, 0.25) is 0 Å². The summed E-state index contributed by atoms with van der Waals surface area (Å²) in [6, 6.07) is 0. The molecule has 0 amide bonds. The molecule has 2 aromatic heterocycles. The average molecular weight is 192 g/mol. The molecule has 74 valence electrons. The molecule has 2 rings (SSSR count). The number of aryl methyl sites for hydroxylation is 1. The van der Waals surface area contributed by atoms with Gasteiger partial charge in [0.05, 0.1) is 13.1 Å². The quantitative estimate of drug-likeness (QED) is 0.706. The summed E-state index contributed by atoms with van der Waals surface area (Å²) in [5.41, 5.74) is 5.40. The van der Waals surface area contributed by atoms with Gasteiger partial charge in [-0.05, 0) is 6.92 Å². The average Bonchev–Trinajstić information content (AvgIpc) is 2.77. The summed E-state index contributed by atoms with van der Waals surface area (Å²) in [6.45, 7) is 2.96. The fourth-order valence-electron chi connectivity index (χ4n) is 1.23. The van der Waals surface area contributed by atoms with Crippen LogP contribution in [0.4, 0.5) is 0 Å². The van der Waals surface area contributed by atoms with Gasteiger partial charge in [-0.25, -0.2) is 9.97 Å². The van der Waals surface area contributed by atoms with Gasteiger partial charge >= 0.3 is 0 Å². The van der Waals surface area contributed by atoms with Crippen LogP contribution in [-0.2, 0) is 13.1 Å². The molecule has 14 heavy (non-hydrogen) atoms. The third kappa shape index (κ3) is 1.64. The van der Waals surface area contributed by atoms with E-state index < -0.39 is 0 Å². The van der Waals surface area contributed by atoms with Crippen molar-refractivity contribution in [3.05, 3.63) is 29.9 Å². The number of aromatic nitrogens is 5. The van der Waals surface area contributed by atoms with Crippen molar-refractivity contribution in [3.8, 4) is 0 Å². The van der Waals surface area contributed by atoms with E-state index in [1.807, 2.05) is 17.7 Å². The lowest BCUT2D eigenvalue weighted by atomic mass is 10.5. The summed E-state index contributed by atoms with van der Waals surface area (Å²) in [4.78, 5) is 8.32. The van der Waals surface area contributed by atoms with Crippen molar-refractivity contribution in [2.45, 2.75) is 20.0 Å². The van der Waals surface area contributed by atoms with E-state index >= 15 is 0 Å². The molecule has 0 aliphatic rings. The highest BCUT2D eigenvalue weighted by atomic mass is 15.2. The van der Waals surface area contributed by atoms with Gasteiger partial charge in [0.1, 0.15) is 11.6 Å². The van der Waals surface area contributed by atoms with Gasteiger partial charge in [0.2, 0.25) is 0 Å². The van der Waals surface area contributed by atoms with Gasteiger partial charge in [0, 0.05) is 12.4 Å². The van der Waals surface area contributed by atoms with Gasteiger partial charge < -0.3 is 10.3 Å².